The smallest absolute Gasteiger partial charge is 0.138 e. The Morgan fingerprint density at radius 3 is 2.05 bits per heavy atom. The van der Waals surface area contributed by atoms with Crippen LogP contribution in [0.1, 0.15) is 13.8 Å². The lowest BCUT2D eigenvalue weighted by molar-refractivity contribution is 0.479. The van der Waals surface area contributed by atoms with Gasteiger partial charge in [-0.25, -0.2) is 0 Å². The van der Waals surface area contributed by atoms with E-state index in [0.717, 1.165) is 26.0 Å². The topological polar surface area (TPSA) is 20.2 Å². The number of phenolic OH excluding ortho intramolecular Hbond substituents is 1. The standard InChI is InChI=1S/C18H11BrO.C2H6/c19-16-8-7-11-5-6-14-9-12-3-1-2-4-13(12)10-15(14)17(11)18(16)20;1-2/h1-10,20H;1-2H3. The van der Waals surface area contributed by atoms with Gasteiger partial charge in [0.2, 0.25) is 0 Å². The molecule has 110 valence electrons. The second-order valence-electron chi connectivity index (χ2n) is 4.98. The summed E-state index contributed by atoms with van der Waals surface area (Å²) in [5.74, 6) is 0.309. The van der Waals surface area contributed by atoms with E-state index in [2.05, 4.69) is 52.3 Å². The average Bonchev–Trinajstić information content (AvgIpc) is 2.57. The van der Waals surface area contributed by atoms with Crippen molar-refractivity contribution in [3.8, 4) is 5.75 Å². The van der Waals surface area contributed by atoms with Gasteiger partial charge in [0.1, 0.15) is 5.75 Å². The number of aromatic hydroxyl groups is 1. The third-order valence-corrected chi connectivity index (χ3v) is 4.43. The third-order valence-electron chi connectivity index (χ3n) is 3.79. The molecule has 22 heavy (non-hydrogen) atoms. The summed E-state index contributed by atoms with van der Waals surface area (Å²) in [6, 6.07) is 20.7. The van der Waals surface area contributed by atoms with Gasteiger partial charge >= 0.3 is 0 Å². The maximum atomic E-state index is 10.4. The lowest BCUT2D eigenvalue weighted by atomic mass is 9.98. The monoisotopic (exact) mass is 352 g/mol. The Bertz CT molecular complexity index is 973. The maximum absolute atomic E-state index is 10.4. The van der Waals surface area contributed by atoms with E-state index in [1.807, 2.05) is 38.1 Å². The largest absolute Gasteiger partial charge is 0.506 e. The van der Waals surface area contributed by atoms with Gasteiger partial charge in [-0.05, 0) is 61.1 Å². The van der Waals surface area contributed by atoms with Gasteiger partial charge in [0.25, 0.3) is 0 Å². The molecule has 0 amide bonds. The Labute approximate surface area is 138 Å². The quantitative estimate of drug-likeness (QED) is 0.277. The van der Waals surface area contributed by atoms with Crippen LogP contribution in [0.2, 0.25) is 0 Å². The highest BCUT2D eigenvalue weighted by Gasteiger charge is 2.09. The summed E-state index contributed by atoms with van der Waals surface area (Å²) in [7, 11) is 0. The molecule has 0 aromatic heterocycles. The molecule has 1 N–H and O–H groups in total. The molecule has 4 aromatic rings. The van der Waals surface area contributed by atoms with E-state index in [4.69, 9.17) is 0 Å². The van der Waals surface area contributed by atoms with Gasteiger partial charge in [-0.2, -0.15) is 0 Å². The van der Waals surface area contributed by atoms with Gasteiger partial charge in [0.15, 0.2) is 0 Å². The van der Waals surface area contributed by atoms with Crippen molar-refractivity contribution in [2.45, 2.75) is 13.8 Å². The summed E-state index contributed by atoms with van der Waals surface area (Å²) in [6.45, 7) is 4.00. The van der Waals surface area contributed by atoms with E-state index in [1.54, 1.807) is 0 Å². The fraction of sp³-hybridized carbons (Fsp3) is 0.100. The van der Waals surface area contributed by atoms with Gasteiger partial charge in [-0.3, -0.25) is 0 Å². The minimum atomic E-state index is 0.309. The molecule has 1 nitrogen and oxygen atoms in total. The normalized spacial score (nSPS) is 10.7. The zero-order chi connectivity index (χ0) is 15.7. The molecule has 0 aliphatic rings. The molecule has 0 fully saturated rings. The molecule has 2 heteroatoms. The third kappa shape index (κ3) is 2.34. The van der Waals surface area contributed by atoms with Crippen LogP contribution < -0.4 is 0 Å². The van der Waals surface area contributed by atoms with Crippen LogP contribution in [0, 0.1) is 0 Å². The van der Waals surface area contributed by atoms with Crippen molar-refractivity contribution in [2.75, 3.05) is 0 Å². The second-order valence-corrected chi connectivity index (χ2v) is 5.83. The molecular weight excluding hydrogens is 336 g/mol. The Morgan fingerprint density at radius 2 is 1.32 bits per heavy atom. The fourth-order valence-electron chi connectivity index (χ4n) is 2.80. The first-order valence-electron chi connectivity index (χ1n) is 7.47. The maximum Gasteiger partial charge on any atom is 0.138 e. The predicted molar refractivity (Wildman–Crippen MR) is 99.7 cm³/mol. The number of halogens is 1. The minimum Gasteiger partial charge on any atom is -0.506 e. The average molecular weight is 353 g/mol. The lowest BCUT2D eigenvalue weighted by Crippen LogP contribution is -1.81. The van der Waals surface area contributed by atoms with E-state index in [9.17, 15) is 5.11 Å². The summed E-state index contributed by atoms with van der Waals surface area (Å²) < 4.78 is 0.727. The van der Waals surface area contributed by atoms with Crippen molar-refractivity contribution in [1.82, 2.24) is 0 Å². The summed E-state index contributed by atoms with van der Waals surface area (Å²) >= 11 is 3.40. The number of hydrogen-bond donors (Lipinski definition) is 1. The van der Waals surface area contributed by atoms with Gasteiger partial charge in [0, 0.05) is 5.39 Å². The van der Waals surface area contributed by atoms with Crippen LogP contribution in [0.15, 0.2) is 65.1 Å². The van der Waals surface area contributed by atoms with Crippen molar-refractivity contribution >= 4 is 48.2 Å². The molecular formula is C20H17BrO. The minimum absolute atomic E-state index is 0.309. The lowest BCUT2D eigenvalue weighted by Gasteiger charge is -2.09. The molecule has 0 aliphatic carbocycles. The van der Waals surface area contributed by atoms with E-state index in [1.165, 1.54) is 10.8 Å². The SMILES string of the molecule is CC.Oc1c(Br)ccc2ccc3cc4ccccc4cc3c12. The molecule has 0 saturated heterocycles. The summed E-state index contributed by atoms with van der Waals surface area (Å²) in [6.07, 6.45) is 0. The molecule has 0 unspecified atom stereocenters. The van der Waals surface area contributed by atoms with Crippen molar-refractivity contribution in [3.63, 3.8) is 0 Å². The molecule has 0 spiro atoms. The van der Waals surface area contributed by atoms with Crippen LogP contribution in [0.3, 0.4) is 0 Å². The molecule has 0 aliphatic heterocycles. The van der Waals surface area contributed by atoms with Crippen molar-refractivity contribution in [2.24, 2.45) is 0 Å². The van der Waals surface area contributed by atoms with Crippen molar-refractivity contribution in [3.05, 3.63) is 65.1 Å². The molecule has 0 radical (unpaired) electrons. The van der Waals surface area contributed by atoms with E-state index < -0.39 is 0 Å². The highest BCUT2D eigenvalue weighted by Crippen LogP contribution is 2.38. The first kappa shape index (κ1) is 14.9. The number of rotatable bonds is 0. The highest BCUT2D eigenvalue weighted by atomic mass is 79.9. The number of phenols is 1. The van der Waals surface area contributed by atoms with E-state index >= 15 is 0 Å². The van der Waals surface area contributed by atoms with Gasteiger partial charge in [-0.1, -0.05) is 56.3 Å². The Kier molecular flexibility index (Phi) is 4.04. The number of benzene rings is 4. The zero-order valence-corrected chi connectivity index (χ0v) is 14.2. The Balaban J connectivity index is 0.000000693. The fourth-order valence-corrected chi connectivity index (χ4v) is 3.13. The van der Waals surface area contributed by atoms with Crippen LogP contribution in [-0.2, 0) is 0 Å². The van der Waals surface area contributed by atoms with Crippen LogP contribution in [0.5, 0.6) is 5.75 Å². The number of hydrogen-bond acceptors (Lipinski definition) is 1. The van der Waals surface area contributed by atoms with Crippen LogP contribution in [0.25, 0.3) is 32.3 Å². The van der Waals surface area contributed by atoms with E-state index in [0.29, 0.717) is 5.75 Å². The summed E-state index contributed by atoms with van der Waals surface area (Å²) in [5.41, 5.74) is 0. The Hall–Kier alpha value is -2.06. The Morgan fingerprint density at radius 1 is 0.727 bits per heavy atom. The van der Waals surface area contributed by atoms with Crippen LogP contribution in [-0.4, -0.2) is 5.11 Å². The van der Waals surface area contributed by atoms with E-state index in [-0.39, 0.29) is 0 Å². The molecule has 4 rings (SSSR count). The van der Waals surface area contributed by atoms with Crippen molar-refractivity contribution in [1.29, 1.82) is 0 Å². The molecule has 0 bridgehead atoms. The predicted octanol–water partition coefficient (Wildman–Crippen LogP) is 6.64. The first-order valence-corrected chi connectivity index (χ1v) is 8.26. The molecule has 0 heterocycles. The van der Waals surface area contributed by atoms with Crippen LogP contribution >= 0.6 is 15.9 Å². The van der Waals surface area contributed by atoms with Crippen LogP contribution in [0.4, 0.5) is 0 Å². The van der Waals surface area contributed by atoms with Gasteiger partial charge < -0.3 is 5.11 Å². The highest BCUT2D eigenvalue weighted by molar-refractivity contribution is 9.10. The van der Waals surface area contributed by atoms with Gasteiger partial charge in [-0.15, -0.1) is 0 Å². The second kappa shape index (κ2) is 5.98. The first-order chi connectivity index (χ1) is 10.7. The van der Waals surface area contributed by atoms with Crippen molar-refractivity contribution < 1.29 is 5.11 Å². The summed E-state index contributed by atoms with van der Waals surface area (Å²) in [5, 5.41) is 17.0. The number of fused-ring (bicyclic) bond motifs is 4. The molecule has 0 atom stereocenters. The van der Waals surface area contributed by atoms with Gasteiger partial charge in [0.05, 0.1) is 4.47 Å². The molecule has 4 aromatic carbocycles. The molecule has 0 saturated carbocycles. The zero-order valence-electron chi connectivity index (χ0n) is 12.6. The summed E-state index contributed by atoms with van der Waals surface area (Å²) in [4.78, 5) is 0.